The Morgan fingerprint density at radius 2 is 2.14 bits per heavy atom. The van der Waals surface area contributed by atoms with Gasteiger partial charge in [0.2, 0.25) is 0 Å². The average molecular weight is 311 g/mol. The van der Waals surface area contributed by atoms with Crippen LogP contribution in [-0.2, 0) is 5.54 Å². The maximum atomic E-state index is 11.1. The fourth-order valence-corrected chi connectivity index (χ4v) is 2.30. The summed E-state index contributed by atoms with van der Waals surface area (Å²) in [5, 5.41) is 15.0. The highest BCUT2D eigenvalue weighted by molar-refractivity contribution is 5.85. The third-order valence-electron chi connectivity index (χ3n) is 3.70. The van der Waals surface area contributed by atoms with E-state index in [0.29, 0.717) is 11.4 Å². The topological polar surface area (TPSA) is 108 Å². The number of nitrogens with zero attached hydrogens (tertiary/aromatic N) is 3. The molecule has 2 aromatic rings. The van der Waals surface area contributed by atoms with Gasteiger partial charge in [-0.2, -0.15) is 4.98 Å². The second kappa shape index (κ2) is 5.42. The lowest BCUT2D eigenvalue weighted by molar-refractivity contribution is -0.384. The summed E-state index contributed by atoms with van der Waals surface area (Å²) in [7, 11) is 0. The Morgan fingerprint density at radius 1 is 1.43 bits per heavy atom. The van der Waals surface area contributed by atoms with E-state index >= 15 is 0 Å². The van der Waals surface area contributed by atoms with Gasteiger partial charge in [-0.05, 0) is 37.8 Å². The Hall–Kier alpha value is -1.99. The van der Waals surface area contributed by atoms with E-state index in [2.05, 4.69) is 10.1 Å². The Balaban J connectivity index is 0.00000161. The normalized spacial score (nSPS) is 15.9. The molecule has 21 heavy (non-hydrogen) atoms. The standard InChI is InChI=1S/C13H14N4O3.ClH/c1-8-3-4-10(17(18)19)9(7-8)11-15-12(16-20-11)13(14)5-2-6-13;/h3-4,7H,2,5-6,14H2,1H3;1H. The van der Waals surface area contributed by atoms with Gasteiger partial charge < -0.3 is 10.3 Å². The number of nitro groups is 1. The Morgan fingerprint density at radius 3 is 2.71 bits per heavy atom. The molecule has 0 aliphatic heterocycles. The summed E-state index contributed by atoms with van der Waals surface area (Å²) in [4.78, 5) is 14.9. The molecule has 2 N–H and O–H groups in total. The third-order valence-corrected chi connectivity index (χ3v) is 3.70. The summed E-state index contributed by atoms with van der Waals surface area (Å²) in [5.74, 6) is 0.571. The number of hydrogen-bond acceptors (Lipinski definition) is 6. The summed E-state index contributed by atoms with van der Waals surface area (Å²) in [6.07, 6.45) is 2.65. The third kappa shape index (κ3) is 2.62. The molecule has 1 aromatic heterocycles. The molecule has 0 bridgehead atoms. The molecule has 0 atom stereocenters. The second-order valence-electron chi connectivity index (χ2n) is 5.21. The first-order valence-corrected chi connectivity index (χ1v) is 6.38. The van der Waals surface area contributed by atoms with E-state index in [-0.39, 0.29) is 24.0 Å². The number of nitro benzene ring substituents is 1. The number of rotatable bonds is 3. The Bertz CT molecular complexity index is 682. The molecule has 1 aliphatic rings. The van der Waals surface area contributed by atoms with Gasteiger partial charge in [0.05, 0.1) is 10.5 Å². The smallest absolute Gasteiger partial charge is 0.282 e. The van der Waals surface area contributed by atoms with Crippen LogP contribution >= 0.6 is 12.4 Å². The van der Waals surface area contributed by atoms with Gasteiger partial charge in [-0.1, -0.05) is 11.2 Å². The molecular formula is C13H15ClN4O3. The van der Waals surface area contributed by atoms with Crippen LogP contribution in [0.5, 0.6) is 0 Å². The number of aryl methyl sites for hydroxylation is 1. The number of hydrogen-bond donors (Lipinski definition) is 1. The molecule has 1 aliphatic carbocycles. The van der Waals surface area contributed by atoms with Crippen molar-refractivity contribution in [2.45, 2.75) is 31.7 Å². The van der Waals surface area contributed by atoms with E-state index in [4.69, 9.17) is 10.3 Å². The van der Waals surface area contributed by atoms with Crippen LogP contribution < -0.4 is 5.73 Å². The van der Waals surface area contributed by atoms with Gasteiger partial charge in [0.25, 0.3) is 11.6 Å². The van der Waals surface area contributed by atoms with Crippen molar-refractivity contribution in [3.05, 3.63) is 39.7 Å². The van der Waals surface area contributed by atoms with Gasteiger partial charge in [0.1, 0.15) is 5.56 Å². The van der Waals surface area contributed by atoms with Crippen molar-refractivity contribution in [1.82, 2.24) is 10.1 Å². The maximum Gasteiger partial charge on any atom is 0.282 e. The zero-order valence-electron chi connectivity index (χ0n) is 11.4. The molecule has 1 saturated carbocycles. The molecule has 3 rings (SSSR count). The predicted molar refractivity (Wildman–Crippen MR) is 78.1 cm³/mol. The monoisotopic (exact) mass is 310 g/mol. The van der Waals surface area contributed by atoms with Crippen molar-refractivity contribution in [3.8, 4) is 11.5 Å². The molecule has 1 heterocycles. The molecule has 1 fully saturated rings. The lowest BCUT2D eigenvalue weighted by Crippen LogP contribution is -2.44. The first-order valence-electron chi connectivity index (χ1n) is 6.38. The van der Waals surface area contributed by atoms with Crippen molar-refractivity contribution in [2.24, 2.45) is 5.73 Å². The first-order chi connectivity index (χ1) is 9.49. The van der Waals surface area contributed by atoms with Crippen molar-refractivity contribution >= 4 is 18.1 Å². The van der Waals surface area contributed by atoms with E-state index < -0.39 is 10.5 Å². The molecule has 0 radical (unpaired) electrons. The van der Waals surface area contributed by atoms with Crippen LogP contribution in [0.2, 0.25) is 0 Å². The van der Waals surface area contributed by atoms with Crippen LogP contribution in [0.15, 0.2) is 22.7 Å². The molecule has 0 unspecified atom stereocenters. The zero-order valence-corrected chi connectivity index (χ0v) is 12.2. The number of aromatic nitrogens is 2. The van der Waals surface area contributed by atoms with Crippen molar-refractivity contribution < 1.29 is 9.45 Å². The second-order valence-corrected chi connectivity index (χ2v) is 5.21. The largest absolute Gasteiger partial charge is 0.334 e. The van der Waals surface area contributed by atoms with E-state index in [1.54, 1.807) is 12.1 Å². The van der Waals surface area contributed by atoms with E-state index in [1.807, 2.05) is 6.92 Å². The zero-order chi connectivity index (χ0) is 14.3. The summed E-state index contributed by atoms with van der Waals surface area (Å²) < 4.78 is 5.17. The highest BCUT2D eigenvalue weighted by Crippen LogP contribution is 2.38. The van der Waals surface area contributed by atoms with Gasteiger partial charge in [0.15, 0.2) is 5.82 Å². The molecule has 0 saturated heterocycles. The van der Waals surface area contributed by atoms with Crippen LogP contribution in [-0.4, -0.2) is 15.1 Å². The lowest BCUT2D eigenvalue weighted by atomic mass is 9.77. The van der Waals surface area contributed by atoms with Crippen LogP contribution in [0.25, 0.3) is 11.5 Å². The summed E-state index contributed by atoms with van der Waals surface area (Å²) in [6, 6.07) is 4.78. The SMILES string of the molecule is Cc1ccc([N+](=O)[O-])c(-c2nc(C3(N)CCC3)no2)c1.Cl. The molecule has 7 nitrogen and oxygen atoms in total. The van der Waals surface area contributed by atoms with Gasteiger partial charge in [-0.15, -0.1) is 12.4 Å². The number of benzene rings is 1. The van der Waals surface area contributed by atoms with Gasteiger partial charge in [-0.3, -0.25) is 10.1 Å². The van der Waals surface area contributed by atoms with E-state index in [9.17, 15) is 10.1 Å². The molecule has 1 aromatic carbocycles. The quantitative estimate of drug-likeness (QED) is 0.689. The number of halogens is 1. The first kappa shape index (κ1) is 15.4. The van der Waals surface area contributed by atoms with Gasteiger partial charge in [0, 0.05) is 6.07 Å². The minimum absolute atomic E-state index is 0. The lowest BCUT2D eigenvalue weighted by Gasteiger charge is -2.34. The number of nitrogens with two attached hydrogens (primary N) is 1. The van der Waals surface area contributed by atoms with Crippen molar-refractivity contribution in [2.75, 3.05) is 0 Å². The minimum atomic E-state index is -0.541. The fraction of sp³-hybridized carbons (Fsp3) is 0.385. The summed E-state index contributed by atoms with van der Waals surface area (Å²) in [6.45, 7) is 1.85. The van der Waals surface area contributed by atoms with Crippen LogP contribution in [0.4, 0.5) is 5.69 Å². The molecule has 0 spiro atoms. The van der Waals surface area contributed by atoms with E-state index in [1.165, 1.54) is 6.07 Å². The average Bonchev–Trinajstić information content (AvgIpc) is 2.85. The minimum Gasteiger partial charge on any atom is -0.334 e. The van der Waals surface area contributed by atoms with Gasteiger partial charge in [-0.25, -0.2) is 0 Å². The fourth-order valence-electron chi connectivity index (χ4n) is 2.30. The molecule has 0 amide bonds. The van der Waals surface area contributed by atoms with Crippen molar-refractivity contribution in [1.29, 1.82) is 0 Å². The van der Waals surface area contributed by atoms with Crippen LogP contribution in [0.1, 0.15) is 30.7 Å². The summed E-state index contributed by atoms with van der Waals surface area (Å²) in [5.41, 5.74) is 6.75. The molecular weight excluding hydrogens is 296 g/mol. The van der Waals surface area contributed by atoms with Gasteiger partial charge >= 0.3 is 0 Å². The molecule has 8 heteroatoms. The Kier molecular flexibility index (Phi) is 3.97. The molecule has 112 valence electrons. The van der Waals surface area contributed by atoms with Crippen LogP contribution in [0.3, 0.4) is 0 Å². The predicted octanol–water partition coefficient (Wildman–Crippen LogP) is 2.71. The van der Waals surface area contributed by atoms with Crippen molar-refractivity contribution in [3.63, 3.8) is 0 Å². The highest BCUT2D eigenvalue weighted by atomic mass is 35.5. The highest BCUT2D eigenvalue weighted by Gasteiger charge is 2.39. The Labute approximate surface area is 127 Å². The summed E-state index contributed by atoms with van der Waals surface area (Å²) >= 11 is 0. The van der Waals surface area contributed by atoms with Crippen LogP contribution in [0, 0.1) is 17.0 Å². The van der Waals surface area contributed by atoms with E-state index in [0.717, 1.165) is 24.8 Å². The maximum absolute atomic E-state index is 11.1.